The Labute approximate surface area is 212 Å². The third-order valence-corrected chi connectivity index (χ3v) is 6.11. The number of nitrogens with zero attached hydrogens (tertiary/aromatic N) is 2. The van der Waals surface area contributed by atoms with E-state index < -0.39 is 12.1 Å². The number of carboxylic acid groups (broad SMARTS) is 1. The molecule has 0 aromatic heterocycles. The molecule has 1 aliphatic rings. The van der Waals surface area contributed by atoms with Crippen LogP contribution in [0.1, 0.15) is 23.6 Å². The van der Waals surface area contributed by atoms with Crippen LogP contribution in [0.5, 0.6) is 0 Å². The van der Waals surface area contributed by atoms with E-state index in [0.29, 0.717) is 11.6 Å². The van der Waals surface area contributed by atoms with Crippen molar-refractivity contribution in [1.82, 2.24) is 0 Å². The van der Waals surface area contributed by atoms with Gasteiger partial charge in [0.2, 0.25) is 5.91 Å². The minimum absolute atomic E-state index is 0.0461. The number of alkyl halides is 3. The molecule has 1 heterocycles. The molecule has 0 aliphatic carbocycles. The van der Waals surface area contributed by atoms with Crippen LogP contribution in [0.15, 0.2) is 60.7 Å². The standard InChI is InChI=1S/C25H25ClN2O.C2HF3O2/c1-17(29)28-16-22-7-5-19(18-8-11-24(12-9-18)27(2)3)14-20(22)4-6-21-15-23(26)10-13-25(21)28;3-2(4,5)1(6)7/h5,7-15H,4,6,16H2,1-3H3;(H,6,7). The van der Waals surface area contributed by atoms with Gasteiger partial charge in [0.15, 0.2) is 0 Å². The van der Waals surface area contributed by atoms with E-state index in [2.05, 4.69) is 47.4 Å². The molecule has 9 heteroatoms. The van der Waals surface area contributed by atoms with Crippen molar-refractivity contribution in [1.29, 1.82) is 0 Å². The second-order valence-electron chi connectivity index (χ2n) is 8.61. The lowest BCUT2D eigenvalue weighted by Gasteiger charge is -2.28. The predicted molar refractivity (Wildman–Crippen MR) is 136 cm³/mol. The number of aryl methyl sites for hydroxylation is 2. The van der Waals surface area contributed by atoms with Gasteiger partial charge in [-0.1, -0.05) is 41.9 Å². The van der Waals surface area contributed by atoms with Gasteiger partial charge in [-0.2, -0.15) is 13.2 Å². The maximum absolute atomic E-state index is 12.4. The Hall–Kier alpha value is -3.52. The van der Waals surface area contributed by atoms with E-state index in [1.54, 1.807) is 6.92 Å². The van der Waals surface area contributed by atoms with Crippen LogP contribution in [-0.2, 0) is 29.0 Å². The number of aliphatic carboxylic acids is 1. The Morgan fingerprint density at radius 2 is 1.47 bits per heavy atom. The first-order chi connectivity index (χ1) is 16.9. The molecule has 1 N–H and O–H groups in total. The number of carboxylic acids is 1. The molecule has 0 spiro atoms. The van der Waals surface area contributed by atoms with Gasteiger partial charge in [0.05, 0.1) is 6.54 Å². The lowest BCUT2D eigenvalue weighted by Crippen LogP contribution is -2.30. The SMILES string of the molecule is CC(=O)N1Cc2ccc(-c3ccc(N(C)C)cc3)cc2CCc2cc(Cl)ccc21.O=C(O)C(F)(F)F. The van der Waals surface area contributed by atoms with Crippen LogP contribution < -0.4 is 9.80 Å². The number of benzene rings is 3. The van der Waals surface area contributed by atoms with E-state index in [1.807, 2.05) is 37.2 Å². The van der Waals surface area contributed by atoms with Crippen LogP contribution in [-0.4, -0.2) is 37.3 Å². The molecule has 0 saturated carbocycles. The molecular formula is C27H26ClF3N2O3. The highest BCUT2D eigenvalue weighted by Crippen LogP contribution is 2.33. The number of carbonyl (C=O) groups excluding carboxylic acids is 1. The van der Waals surface area contributed by atoms with Gasteiger partial charge >= 0.3 is 12.1 Å². The van der Waals surface area contributed by atoms with Crippen LogP contribution in [0.2, 0.25) is 5.02 Å². The minimum Gasteiger partial charge on any atom is -0.475 e. The molecular weight excluding hydrogens is 493 g/mol. The largest absolute Gasteiger partial charge is 0.490 e. The van der Waals surface area contributed by atoms with Crippen molar-refractivity contribution in [3.8, 4) is 11.1 Å². The molecule has 3 aromatic carbocycles. The van der Waals surface area contributed by atoms with Gasteiger partial charge in [-0.3, -0.25) is 4.79 Å². The summed E-state index contributed by atoms with van der Waals surface area (Å²) in [4.78, 5) is 25.2. The van der Waals surface area contributed by atoms with Gasteiger partial charge in [-0.05, 0) is 71.0 Å². The molecule has 190 valence electrons. The smallest absolute Gasteiger partial charge is 0.475 e. The van der Waals surface area contributed by atoms with Crippen molar-refractivity contribution in [3.63, 3.8) is 0 Å². The normalized spacial score (nSPS) is 12.8. The zero-order chi connectivity index (χ0) is 26.6. The molecule has 0 fully saturated rings. The Morgan fingerprint density at radius 3 is 2.03 bits per heavy atom. The molecule has 3 aromatic rings. The van der Waals surface area contributed by atoms with E-state index in [9.17, 15) is 18.0 Å². The number of fused-ring (bicyclic) bond motifs is 2. The Balaban J connectivity index is 0.000000454. The Morgan fingerprint density at radius 1 is 0.889 bits per heavy atom. The number of anilines is 2. The molecule has 36 heavy (non-hydrogen) atoms. The van der Waals surface area contributed by atoms with E-state index in [1.165, 1.54) is 27.9 Å². The van der Waals surface area contributed by atoms with Gasteiger partial charge in [-0.15, -0.1) is 0 Å². The summed E-state index contributed by atoms with van der Waals surface area (Å²) in [6.07, 6.45) is -3.30. The summed E-state index contributed by atoms with van der Waals surface area (Å²) in [5, 5.41) is 7.84. The zero-order valence-electron chi connectivity index (χ0n) is 20.1. The van der Waals surface area contributed by atoms with Crippen molar-refractivity contribution in [2.45, 2.75) is 32.5 Å². The van der Waals surface area contributed by atoms with Crippen molar-refractivity contribution < 1.29 is 27.9 Å². The van der Waals surface area contributed by atoms with E-state index >= 15 is 0 Å². The number of amides is 1. The van der Waals surface area contributed by atoms with Crippen molar-refractivity contribution >= 4 is 34.9 Å². The van der Waals surface area contributed by atoms with Gasteiger partial charge in [0.1, 0.15) is 0 Å². The van der Waals surface area contributed by atoms with Crippen LogP contribution in [0, 0.1) is 0 Å². The first-order valence-electron chi connectivity index (χ1n) is 11.1. The molecule has 4 rings (SSSR count). The minimum atomic E-state index is -5.08. The average Bonchev–Trinajstić information content (AvgIpc) is 2.80. The quantitative estimate of drug-likeness (QED) is 0.429. The van der Waals surface area contributed by atoms with Gasteiger partial charge in [-0.25, -0.2) is 4.79 Å². The summed E-state index contributed by atoms with van der Waals surface area (Å²) in [6.45, 7) is 2.21. The highest BCUT2D eigenvalue weighted by Gasteiger charge is 2.38. The second-order valence-corrected chi connectivity index (χ2v) is 9.04. The fourth-order valence-corrected chi connectivity index (χ4v) is 4.16. The predicted octanol–water partition coefficient (Wildman–Crippen LogP) is 6.36. The van der Waals surface area contributed by atoms with Crippen LogP contribution in [0.4, 0.5) is 24.5 Å². The monoisotopic (exact) mass is 518 g/mol. The summed E-state index contributed by atoms with van der Waals surface area (Å²) in [5.74, 6) is -2.71. The van der Waals surface area contributed by atoms with Crippen LogP contribution in [0.25, 0.3) is 11.1 Å². The van der Waals surface area contributed by atoms with Gasteiger partial charge in [0, 0.05) is 37.4 Å². The first kappa shape index (κ1) is 27.1. The molecule has 0 bridgehead atoms. The second kappa shape index (κ2) is 11.0. The summed E-state index contributed by atoms with van der Waals surface area (Å²) in [6, 6.07) is 21.0. The molecule has 0 saturated heterocycles. The van der Waals surface area contributed by atoms with Crippen molar-refractivity contribution in [2.24, 2.45) is 0 Å². The van der Waals surface area contributed by atoms with Crippen LogP contribution in [0.3, 0.4) is 0 Å². The van der Waals surface area contributed by atoms with Crippen LogP contribution >= 0.6 is 11.6 Å². The van der Waals surface area contributed by atoms with Crippen molar-refractivity contribution in [2.75, 3.05) is 23.9 Å². The molecule has 1 aliphatic heterocycles. The zero-order valence-corrected chi connectivity index (χ0v) is 20.8. The Bertz CT molecular complexity index is 1260. The van der Waals surface area contributed by atoms with Gasteiger partial charge < -0.3 is 14.9 Å². The summed E-state index contributed by atoms with van der Waals surface area (Å²) < 4.78 is 31.7. The number of hydrogen-bond acceptors (Lipinski definition) is 3. The molecule has 0 radical (unpaired) electrons. The molecule has 0 atom stereocenters. The topological polar surface area (TPSA) is 60.9 Å². The van der Waals surface area contributed by atoms with Gasteiger partial charge in [0.25, 0.3) is 0 Å². The number of carbonyl (C=O) groups is 2. The van der Waals surface area contributed by atoms with E-state index in [-0.39, 0.29) is 5.91 Å². The maximum atomic E-state index is 12.4. The Kier molecular flexibility index (Phi) is 8.30. The number of halogens is 4. The van der Waals surface area contributed by atoms with E-state index in [4.69, 9.17) is 21.5 Å². The number of rotatable bonds is 2. The lowest BCUT2D eigenvalue weighted by molar-refractivity contribution is -0.192. The average molecular weight is 519 g/mol. The summed E-state index contributed by atoms with van der Waals surface area (Å²) >= 11 is 6.23. The third kappa shape index (κ3) is 6.57. The summed E-state index contributed by atoms with van der Waals surface area (Å²) in [5.41, 5.74) is 8.17. The highest BCUT2D eigenvalue weighted by molar-refractivity contribution is 6.30. The van der Waals surface area contributed by atoms with E-state index in [0.717, 1.165) is 24.1 Å². The third-order valence-electron chi connectivity index (χ3n) is 5.87. The fourth-order valence-electron chi connectivity index (χ4n) is 3.97. The summed E-state index contributed by atoms with van der Waals surface area (Å²) in [7, 11) is 4.09. The van der Waals surface area contributed by atoms with Crippen molar-refractivity contribution in [3.05, 3.63) is 82.4 Å². The maximum Gasteiger partial charge on any atom is 0.490 e. The fraction of sp³-hybridized carbons (Fsp3) is 0.259. The lowest BCUT2D eigenvalue weighted by atomic mass is 9.92. The molecule has 5 nitrogen and oxygen atoms in total. The highest BCUT2D eigenvalue weighted by atomic mass is 35.5. The molecule has 0 unspecified atom stereocenters. The molecule has 1 amide bonds. The number of hydrogen-bond donors (Lipinski definition) is 1. The first-order valence-corrected chi connectivity index (χ1v) is 11.5.